The molecule has 2 aromatic carbocycles. The summed E-state index contributed by atoms with van der Waals surface area (Å²) in [6.45, 7) is 5.80. The normalized spacial score (nSPS) is 13.7. The molecule has 8 heteroatoms. The fourth-order valence-corrected chi connectivity index (χ4v) is 4.13. The van der Waals surface area contributed by atoms with Crippen LogP contribution in [0.4, 0.5) is 4.39 Å². The Morgan fingerprint density at radius 2 is 2.00 bits per heavy atom. The molecular weight excluding hydrogens is 487 g/mol. The SMILES string of the molecule is CCOc1cc(CNCCCN2CCCC2=O)c(Br)cc1OCc1ccc(F)cc1Cl. The van der Waals surface area contributed by atoms with Crippen LogP contribution in [0.3, 0.4) is 0 Å². The number of halogens is 3. The van der Waals surface area contributed by atoms with Crippen LogP contribution in [0.2, 0.25) is 5.02 Å². The minimum Gasteiger partial charge on any atom is -0.490 e. The lowest BCUT2D eigenvalue weighted by molar-refractivity contribution is -0.127. The second-order valence-corrected chi connectivity index (χ2v) is 8.62. The van der Waals surface area contributed by atoms with Crippen LogP contribution < -0.4 is 14.8 Å². The highest BCUT2D eigenvalue weighted by molar-refractivity contribution is 9.10. The highest BCUT2D eigenvalue weighted by Crippen LogP contribution is 2.35. The quantitative estimate of drug-likeness (QED) is 0.413. The maximum Gasteiger partial charge on any atom is 0.222 e. The molecular formula is C23H27BrClFN2O3. The van der Waals surface area contributed by atoms with E-state index in [2.05, 4.69) is 21.2 Å². The van der Waals surface area contributed by atoms with Gasteiger partial charge in [-0.25, -0.2) is 4.39 Å². The Bertz CT molecular complexity index is 913. The smallest absolute Gasteiger partial charge is 0.222 e. The standard InChI is InChI=1S/C23H27BrClFN2O3/c1-2-30-21-11-17(14-27-8-4-10-28-9-3-5-23(28)29)19(24)13-22(21)31-15-16-6-7-18(26)12-20(16)25/h6-7,11-13,27H,2-5,8-10,14-15H2,1H3. The molecule has 0 radical (unpaired) electrons. The van der Waals surface area contributed by atoms with Crippen LogP contribution in [0.1, 0.15) is 37.3 Å². The molecule has 1 N–H and O–H groups in total. The van der Waals surface area contributed by atoms with Crippen molar-refractivity contribution in [3.63, 3.8) is 0 Å². The number of benzene rings is 2. The second-order valence-electron chi connectivity index (χ2n) is 7.36. The zero-order chi connectivity index (χ0) is 22.2. The fourth-order valence-electron chi connectivity index (χ4n) is 3.45. The van der Waals surface area contributed by atoms with E-state index in [9.17, 15) is 9.18 Å². The van der Waals surface area contributed by atoms with Gasteiger partial charge >= 0.3 is 0 Å². The zero-order valence-electron chi connectivity index (χ0n) is 17.6. The Hall–Kier alpha value is -1.83. The third-order valence-electron chi connectivity index (χ3n) is 5.08. The Morgan fingerprint density at radius 1 is 1.19 bits per heavy atom. The predicted octanol–water partition coefficient (Wildman–Crippen LogP) is 5.32. The molecule has 0 bridgehead atoms. The average molecular weight is 514 g/mol. The monoisotopic (exact) mass is 512 g/mol. The Labute approximate surface area is 196 Å². The van der Waals surface area contributed by atoms with Crippen molar-refractivity contribution in [1.29, 1.82) is 0 Å². The minimum absolute atomic E-state index is 0.207. The first-order valence-electron chi connectivity index (χ1n) is 10.5. The van der Waals surface area contributed by atoms with Gasteiger partial charge in [0.15, 0.2) is 11.5 Å². The number of hydrogen-bond acceptors (Lipinski definition) is 4. The molecule has 0 atom stereocenters. The Morgan fingerprint density at radius 3 is 2.71 bits per heavy atom. The molecule has 168 valence electrons. The van der Waals surface area contributed by atoms with E-state index >= 15 is 0 Å². The lowest BCUT2D eigenvalue weighted by atomic mass is 10.2. The highest BCUT2D eigenvalue weighted by atomic mass is 79.9. The molecule has 5 nitrogen and oxygen atoms in total. The van der Waals surface area contributed by atoms with Crippen molar-refractivity contribution < 1.29 is 18.7 Å². The van der Waals surface area contributed by atoms with Gasteiger partial charge in [0, 0.05) is 36.1 Å². The molecule has 0 spiro atoms. The van der Waals surface area contributed by atoms with Crippen LogP contribution in [0.25, 0.3) is 0 Å². The molecule has 3 rings (SSSR count). The van der Waals surface area contributed by atoms with E-state index < -0.39 is 0 Å². The molecule has 0 aromatic heterocycles. The topological polar surface area (TPSA) is 50.8 Å². The molecule has 1 amide bonds. The van der Waals surface area contributed by atoms with E-state index in [1.54, 1.807) is 6.07 Å². The van der Waals surface area contributed by atoms with Gasteiger partial charge in [-0.1, -0.05) is 33.6 Å². The third kappa shape index (κ3) is 6.82. The summed E-state index contributed by atoms with van der Waals surface area (Å²) < 4.78 is 25.8. The summed E-state index contributed by atoms with van der Waals surface area (Å²) in [5.41, 5.74) is 1.75. The van der Waals surface area contributed by atoms with Crippen molar-refractivity contribution in [2.24, 2.45) is 0 Å². The molecule has 1 fully saturated rings. The summed E-state index contributed by atoms with van der Waals surface area (Å²) in [5.74, 6) is 1.12. The maximum absolute atomic E-state index is 13.2. The third-order valence-corrected chi connectivity index (χ3v) is 6.17. The number of nitrogens with one attached hydrogen (secondary N) is 1. The van der Waals surface area contributed by atoms with Gasteiger partial charge < -0.3 is 19.7 Å². The summed E-state index contributed by atoms with van der Waals surface area (Å²) in [6.07, 6.45) is 2.57. The molecule has 0 unspecified atom stereocenters. The van der Waals surface area contributed by atoms with Crippen molar-refractivity contribution in [3.05, 3.63) is 56.8 Å². The summed E-state index contributed by atoms with van der Waals surface area (Å²) in [5, 5.41) is 3.75. The van der Waals surface area contributed by atoms with Crippen molar-refractivity contribution in [2.45, 2.75) is 39.3 Å². The van der Waals surface area contributed by atoms with Crippen molar-refractivity contribution in [3.8, 4) is 11.5 Å². The lowest BCUT2D eigenvalue weighted by Gasteiger charge is -2.17. The van der Waals surface area contributed by atoms with Crippen LogP contribution in [0, 0.1) is 5.82 Å². The molecule has 0 saturated carbocycles. The predicted molar refractivity (Wildman–Crippen MR) is 123 cm³/mol. The Kier molecular flexibility index (Phi) is 8.99. The molecule has 31 heavy (non-hydrogen) atoms. The molecule has 1 saturated heterocycles. The number of rotatable bonds is 11. The van der Waals surface area contributed by atoms with E-state index in [4.69, 9.17) is 21.1 Å². The van der Waals surface area contributed by atoms with E-state index in [-0.39, 0.29) is 18.3 Å². The summed E-state index contributed by atoms with van der Waals surface area (Å²) in [6, 6.07) is 8.07. The van der Waals surface area contributed by atoms with Gasteiger partial charge in [-0.2, -0.15) is 0 Å². The molecule has 2 aromatic rings. The van der Waals surface area contributed by atoms with Crippen LogP contribution in [-0.4, -0.2) is 37.0 Å². The number of ether oxygens (including phenoxy) is 2. The summed E-state index contributed by atoms with van der Waals surface area (Å²) in [4.78, 5) is 13.6. The number of amides is 1. The van der Waals surface area contributed by atoms with Gasteiger partial charge in [-0.05, 0) is 56.1 Å². The van der Waals surface area contributed by atoms with Gasteiger partial charge in [-0.15, -0.1) is 0 Å². The van der Waals surface area contributed by atoms with E-state index in [0.717, 1.165) is 42.5 Å². The van der Waals surface area contributed by atoms with Gasteiger partial charge in [0.05, 0.1) is 11.6 Å². The molecule has 1 heterocycles. The largest absolute Gasteiger partial charge is 0.490 e. The number of carbonyl (C=O) groups is 1. The van der Waals surface area contributed by atoms with Crippen molar-refractivity contribution in [2.75, 3.05) is 26.2 Å². The first-order chi connectivity index (χ1) is 15.0. The van der Waals surface area contributed by atoms with Crippen LogP contribution in [-0.2, 0) is 17.9 Å². The fraction of sp³-hybridized carbons (Fsp3) is 0.435. The molecule has 1 aliphatic heterocycles. The minimum atomic E-state index is -0.379. The molecule has 1 aliphatic rings. The average Bonchev–Trinajstić information content (AvgIpc) is 3.14. The number of likely N-dealkylation sites (tertiary alicyclic amines) is 1. The lowest BCUT2D eigenvalue weighted by Crippen LogP contribution is -2.28. The van der Waals surface area contributed by atoms with Gasteiger partial charge in [0.25, 0.3) is 0 Å². The first-order valence-corrected chi connectivity index (χ1v) is 11.7. The Balaban J connectivity index is 1.56. The van der Waals surface area contributed by atoms with E-state index in [1.807, 2.05) is 24.0 Å². The summed E-state index contributed by atoms with van der Waals surface area (Å²) >= 11 is 9.70. The number of carbonyl (C=O) groups excluding carboxylic acids is 1. The summed E-state index contributed by atoms with van der Waals surface area (Å²) in [7, 11) is 0. The van der Waals surface area contributed by atoms with Gasteiger partial charge in [0.2, 0.25) is 5.91 Å². The van der Waals surface area contributed by atoms with E-state index in [1.165, 1.54) is 12.1 Å². The van der Waals surface area contributed by atoms with E-state index in [0.29, 0.717) is 41.7 Å². The van der Waals surface area contributed by atoms with Gasteiger partial charge in [0.1, 0.15) is 12.4 Å². The van der Waals surface area contributed by atoms with Crippen LogP contribution in [0.15, 0.2) is 34.8 Å². The zero-order valence-corrected chi connectivity index (χ0v) is 19.9. The van der Waals surface area contributed by atoms with Gasteiger partial charge in [-0.3, -0.25) is 4.79 Å². The number of hydrogen-bond donors (Lipinski definition) is 1. The van der Waals surface area contributed by atoms with Crippen LogP contribution in [0.5, 0.6) is 11.5 Å². The van der Waals surface area contributed by atoms with Crippen LogP contribution >= 0.6 is 27.5 Å². The molecule has 0 aliphatic carbocycles. The highest BCUT2D eigenvalue weighted by Gasteiger charge is 2.19. The number of nitrogens with zero attached hydrogens (tertiary/aromatic N) is 1. The first kappa shape index (κ1) is 23.8. The van der Waals surface area contributed by atoms with Crippen molar-refractivity contribution in [1.82, 2.24) is 10.2 Å². The maximum atomic E-state index is 13.2. The van der Waals surface area contributed by atoms with Crippen molar-refractivity contribution >= 4 is 33.4 Å². The second kappa shape index (κ2) is 11.7.